The van der Waals surface area contributed by atoms with Gasteiger partial charge in [0.1, 0.15) is 5.75 Å². The van der Waals surface area contributed by atoms with Crippen LogP contribution in [-0.4, -0.2) is 43.1 Å². The number of nitrogens with one attached hydrogen (secondary N) is 2. The first-order valence-electron chi connectivity index (χ1n) is 10.8. The van der Waals surface area contributed by atoms with Gasteiger partial charge >= 0.3 is 0 Å². The first-order chi connectivity index (χ1) is 15.9. The largest absolute Gasteiger partial charge is 0.507 e. The van der Waals surface area contributed by atoms with Crippen molar-refractivity contribution in [3.63, 3.8) is 0 Å². The summed E-state index contributed by atoms with van der Waals surface area (Å²) in [5.41, 5.74) is 4.56. The Hall–Kier alpha value is -3.19. The molecule has 0 unspecified atom stereocenters. The summed E-state index contributed by atoms with van der Waals surface area (Å²) < 4.78 is 0.756. The fraction of sp³-hybridized carbons (Fsp3) is 0.269. The Balaban J connectivity index is 2.11. The molecule has 0 saturated heterocycles. The minimum absolute atomic E-state index is 0.0736. The third-order valence-electron chi connectivity index (χ3n) is 4.87. The second kappa shape index (κ2) is 13.4. The van der Waals surface area contributed by atoms with Gasteiger partial charge < -0.3 is 15.7 Å². The van der Waals surface area contributed by atoms with Crippen molar-refractivity contribution in [3.05, 3.63) is 87.2 Å². The van der Waals surface area contributed by atoms with Crippen LogP contribution in [-0.2, 0) is 6.42 Å². The molecule has 0 radical (unpaired) electrons. The van der Waals surface area contributed by atoms with Crippen LogP contribution in [0.3, 0.4) is 0 Å². The third kappa shape index (κ3) is 8.02. The molecule has 6 nitrogen and oxygen atoms in total. The van der Waals surface area contributed by atoms with Gasteiger partial charge in [0, 0.05) is 43.2 Å². The van der Waals surface area contributed by atoms with Crippen LogP contribution in [0.4, 0.5) is 0 Å². The maximum atomic E-state index is 12.5. The molecule has 2 aromatic carbocycles. The number of phenols is 1. The van der Waals surface area contributed by atoms with Crippen molar-refractivity contribution in [2.24, 2.45) is 9.98 Å². The molecular weight excluding hydrogens is 480 g/mol. The van der Waals surface area contributed by atoms with Crippen LogP contribution >= 0.6 is 15.9 Å². The lowest BCUT2D eigenvalue weighted by Crippen LogP contribution is -2.31. The number of carbonyl (C=O) groups excluding carboxylic acids is 1. The summed E-state index contributed by atoms with van der Waals surface area (Å²) in [5.74, 6) is 0.0748. The Morgan fingerprint density at radius 3 is 2.33 bits per heavy atom. The molecule has 0 fully saturated rings. The van der Waals surface area contributed by atoms with Gasteiger partial charge in [0.15, 0.2) is 0 Å². The van der Waals surface area contributed by atoms with Gasteiger partial charge in [-0.3, -0.25) is 14.8 Å². The quantitative estimate of drug-likeness (QED) is 0.310. The number of aliphatic imine (C=N–C) groups is 2. The average molecular weight is 511 g/mol. The summed E-state index contributed by atoms with van der Waals surface area (Å²) in [6, 6.07) is 14.7. The van der Waals surface area contributed by atoms with Crippen LogP contribution < -0.4 is 10.6 Å². The molecule has 0 aromatic heterocycles. The number of allylic oxidation sites excluding steroid dienone is 4. The van der Waals surface area contributed by atoms with Crippen molar-refractivity contribution >= 4 is 33.8 Å². The van der Waals surface area contributed by atoms with E-state index in [4.69, 9.17) is 4.99 Å². The van der Waals surface area contributed by atoms with Gasteiger partial charge in [0.05, 0.1) is 15.9 Å². The van der Waals surface area contributed by atoms with E-state index in [0.29, 0.717) is 29.9 Å². The van der Waals surface area contributed by atoms with E-state index in [9.17, 15) is 9.90 Å². The highest BCUT2D eigenvalue weighted by Gasteiger charge is 2.10. The molecule has 2 rings (SSSR count). The van der Waals surface area contributed by atoms with Gasteiger partial charge in [-0.25, -0.2) is 0 Å². The smallest absolute Gasteiger partial charge is 0.251 e. The molecule has 3 N–H and O–H groups in total. The second-order valence-electron chi connectivity index (χ2n) is 7.36. The van der Waals surface area contributed by atoms with Crippen molar-refractivity contribution < 1.29 is 9.90 Å². The number of rotatable bonds is 10. The van der Waals surface area contributed by atoms with E-state index in [1.54, 1.807) is 25.4 Å². The number of phenolic OH excluding ortho intramolecular Hbond substituents is 1. The number of carbonyl (C=O) groups is 1. The summed E-state index contributed by atoms with van der Waals surface area (Å²) in [6.07, 6.45) is 4.36. The van der Waals surface area contributed by atoms with E-state index in [1.807, 2.05) is 63.2 Å². The Labute approximate surface area is 204 Å². The van der Waals surface area contributed by atoms with E-state index in [0.717, 1.165) is 27.9 Å². The van der Waals surface area contributed by atoms with Crippen molar-refractivity contribution in [2.45, 2.75) is 27.2 Å². The minimum Gasteiger partial charge on any atom is -0.507 e. The van der Waals surface area contributed by atoms with Crippen molar-refractivity contribution in [2.75, 3.05) is 20.1 Å². The Kier molecular flexibility index (Phi) is 10.6. The number of aryl methyl sites for hydroxylation is 1. The number of para-hydroxylation sites is 1. The summed E-state index contributed by atoms with van der Waals surface area (Å²) in [7, 11) is 1.69. The Morgan fingerprint density at radius 2 is 1.67 bits per heavy atom. The van der Waals surface area contributed by atoms with Crippen molar-refractivity contribution in [3.8, 4) is 5.75 Å². The van der Waals surface area contributed by atoms with Crippen molar-refractivity contribution in [1.29, 1.82) is 0 Å². The molecular formula is C26H31BrN4O2. The molecule has 2 aromatic rings. The van der Waals surface area contributed by atoms with Crippen LogP contribution in [0.25, 0.3) is 0 Å². The standard InChI is InChI=1S/C26H31BrN4O2/c1-5-20-10-6-7-11-21(20)26(33)30-15-14-29-18(2)16-24(22-12-8-9-13-25(22)32)31-19(3)23(27)17-28-4/h6-13,16-17,29,32H,5,14-15H2,1-4H3,(H,30,33)/b18-16+,23-19-,28-17?,31-24-. The maximum absolute atomic E-state index is 12.5. The maximum Gasteiger partial charge on any atom is 0.251 e. The van der Waals surface area contributed by atoms with Crippen LogP contribution in [0, 0.1) is 0 Å². The van der Waals surface area contributed by atoms with Crippen LogP contribution in [0.5, 0.6) is 5.75 Å². The summed E-state index contributed by atoms with van der Waals surface area (Å²) in [4.78, 5) is 21.2. The van der Waals surface area contributed by atoms with Gasteiger partial charge in [0.25, 0.3) is 5.91 Å². The predicted octanol–water partition coefficient (Wildman–Crippen LogP) is 4.99. The molecule has 0 atom stereocenters. The van der Waals surface area contributed by atoms with E-state index in [1.165, 1.54) is 0 Å². The molecule has 0 saturated carbocycles. The zero-order valence-corrected chi connectivity index (χ0v) is 21.1. The van der Waals surface area contributed by atoms with E-state index < -0.39 is 0 Å². The van der Waals surface area contributed by atoms with Gasteiger partial charge in [-0.15, -0.1) is 0 Å². The van der Waals surface area contributed by atoms with Gasteiger partial charge in [-0.05, 0) is 66.0 Å². The Morgan fingerprint density at radius 1 is 1.03 bits per heavy atom. The minimum atomic E-state index is -0.0736. The topological polar surface area (TPSA) is 86.1 Å². The molecule has 0 aliphatic heterocycles. The molecule has 174 valence electrons. The number of aromatic hydroxyl groups is 1. The summed E-state index contributed by atoms with van der Waals surface area (Å²) in [5, 5.41) is 16.6. The van der Waals surface area contributed by atoms with E-state index in [-0.39, 0.29) is 11.7 Å². The number of halogens is 1. The molecule has 7 heteroatoms. The highest BCUT2D eigenvalue weighted by molar-refractivity contribution is 9.12. The Bertz CT molecular complexity index is 1090. The van der Waals surface area contributed by atoms with Crippen LogP contribution in [0.2, 0.25) is 0 Å². The SMILES string of the molecule is CCc1ccccc1C(=O)NCCN/C(C)=C/C(=N/C(C)=C(\Br)C=NC)c1ccccc1O. The first-order valence-corrected chi connectivity index (χ1v) is 11.6. The summed E-state index contributed by atoms with van der Waals surface area (Å²) in [6.45, 7) is 6.85. The average Bonchev–Trinajstić information content (AvgIpc) is 2.81. The predicted molar refractivity (Wildman–Crippen MR) is 141 cm³/mol. The fourth-order valence-corrected chi connectivity index (χ4v) is 3.43. The molecule has 33 heavy (non-hydrogen) atoms. The first kappa shape index (κ1) is 26.1. The third-order valence-corrected chi connectivity index (χ3v) is 5.65. The lowest BCUT2D eigenvalue weighted by atomic mass is 10.0. The van der Waals surface area contributed by atoms with Gasteiger partial charge in [-0.2, -0.15) is 0 Å². The molecule has 0 bridgehead atoms. The van der Waals surface area contributed by atoms with Crippen molar-refractivity contribution in [1.82, 2.24) is 10.6 Å². The van der Waals surface area contributed by atoms with Crippen LogP contribution in [0.1, 0.15) is 42.3 Å². The number of nitrogens with zero attached hydrogens (tertiary/aromatic N) is 2. The molecule has 0 spiro atoms. The zero-order chi connectivity index (χ0) is 24.2. The molecule has 1 amide bonds. The van der Waals surface area contributed by atoms with E-state index >= 15 is 0 Å². The van der Waals surface area contributed by atoms with Gasteiger partial charge in [-0.1, -0.05) is 37.3 Å². The van der Waals surface area contributed by atoms with E-state index in [2.05, 4.69) is 31.6 Å². The molecule has 0 heterocycles. The lowest BCUT2D eigenvalue weighted by Gasteiger charge is -2.12. The van der Waals surface area contributed by atoms with Gasteiger partial charge in [0.2, 0.25) is 0 Å². The normalized spacial score (nSPS) is 13.1. The fourth-order valence-electron chi connectivity index (χ4n) is 3.14. The monoisotopic (exact) mass is 510 g/mol. The lowest BCUT2D eigenvalue weighted by molar-refractivity contribution is 0.0953. The number of benzene rings is 2. The second-order valence-corrected chi connectivity index (χ2v) is 8.21. The zero-order valence-electron chi connectivity index (χ0n) is 19.5. The highest BCUT2D eigenvalue weighted by atomic mass is 79.9. The number of hydrogen-bond acceptors (Lipinski definition) is 5. The number of hydrogen-bond donors (Lipinski definition) is 3. The molecule has 0 aliphatic rings. The molecule has 0 aliphatic carbocycles. The number of amides is 1. The van der Waals surface area contributed by atoms with Crippen LogP contribution in [0.15, 0.2) is 80.5 Å². The highest BCUT2D eigenvalue weighted by Crippen LogP contribution is 2.20. The summed E-state index contributed by atoms with van der Waals surface area (Å²) >= 11 is 3.47.